The molecule has 4 N–H and O–H groups in total. The first kappa shape index (κ1) is 24.8. The predicted molar refractivity (Wildman–Crippen MR) is 121 cm³/mol. The van der Waals surface area contributed by atoms with Gasteiger partial charge in [0.15, 0.2) is 0 Å². The van der Waals surface area contributed by atoms with Gasteiger partial charge < -0.3 is 20.9 Å². The molecule has 0 fully saturated rings. The van der Waals surface area contributed by atoms with Crippen molar-refractivity contribution < 1.29 is 19.0 Å². The van der Waals surface area contributed by atoms with E-state index in [4.69, 9.17) is 10.5 Å². The molecule has 3 atom stereocenters. The predicted octanol–water partition coefficient (Wildman–Crippen LogP) is 3.78. The fraction of sp³-hybridized carbons (Fsp3) is 0.480. The number of hydrogen-bond acceptors (Lipinski definition) is 4. The van der Waals surface area contributed by atoms with Gasteiger partial charge in [0.1, 0.15) is 11.4 Å². The molecule has 0 unspecified atom stereocenters. The minimum Gasteiger partial charge on any atom is -0.497 e. The first-order valence-electron chi connectivity index (χ1n) is 10.7. The highest BCUT2D eigenvalue weighted by atomic mass is 19.1. The third-order valence-corrected chi connectivity index (χ3v) is 5.42. The lowest BCUT2D eigenvalue weighted by Gasteiger charge is -2.25. The van der Waals surface area contributed by atoms with Crippen molar-refractivity contribution >= 4 is 5.91 Å². The van der Waals surface area contributed by atoms with Crippen molar-refractivity contribution in [2.24, 2.45) is 11.7 Å². The minimum absolute atomic E-state index is 0.193. The van der Waals surface area contributed by atoms with Gasteiger partial charge in [-0.15, -0.1) is 0 Å². The van der Waals surface area contributed by atoms with Crippen LogP contribution in [0.3, 0.4) is 0 Å². The second kappa shape index (κ2) is 11.8. The highest BCUT2D eigenvalue weighted by molar-refractivity contribution is 5.78. The summed E-state index contributed by atoms with van der Waals surface area (Å²) in [5.41, 5.74) is 6.78. The summed E-state index contributed by atoms with van der Waals surface area (Å²) in [5.74, 6) is 0.0183. The van der Waals surface area contributed by atoms with Crippen LogP contribution in [-0.4, -0.2) is 35.9 Å². The van der Waals surface area contributed by atoms with Crippen LogP contribution in [0.4, 0.5) is 4.39 Å². The zero-order valence-corrected chi connectivity index (χ0v) is 18.7. The Bertz CT molecular complexity index is 791. The van der Waals surface area contributed by atoms with Crippen LogP contribution >= 0.6 is 0 Å². The number of amides is 1. The molecule has 0 radical (unpaired) electrons. The number of aliphatic hydroxyl groups is 1. The Balaban J connectivity index is 1.97. The van der Waals surface area contributed by atoms with Crippen molar-refractivity contribution in [3.63, 3.8) is 0 Å². The first-order valence-corrected chi connectivity index (χ1v) is 10.7. The van der Waals surface area contributed by atoms with E-state index in [-0.39, 0.29) is 18.7 Å². The molecule has 6 heteroatoms. The maximum atomic E-state index is 14.1. The Morgan fingerprint density at radius 2 is 1.77 bits per heavy atom. The van der Waals surface area contributed by atoms with Crippen molar-refractivity contribution in [1.82, 2.24) is 5.32 Å². The molecule has 0 heterocycles. The number of hydrogen-bond donors (Lipinski definition) is 3. The summed E-state index contributed by atoms with van der Waals surface area (Å²) in [6, 6.07) is 16.6. The molecule has 170 valence electrons. The van der Waals surface area contributed by atoms with Crippen molar-refractivity contribution in [3.05, 3.63) is 65.7 Å². The Morgan fingerprint density at radius 1 is 1.13 bits per heavy atom. The average Bonchev–Trinajstić information content (AvgIpc) is 2.75. The Kier molecular flexibility index (Phi) is 9.46. The average molecular weight is 431 g/mol. The third kappa shape index (κ3) is 9.07. The Labute approximate surface area is 184 Å². The lowest BCUT2D eigenvalue weighted by atomic mass is 9.88. The van der Waals surface area contributed by atoms with E-state index in [0.29, 0.717) is 19.4 Å². The van der Waals surface area contributed by atoms with Gasteiger partial charge in [0.2, 0.25) is 5.91 Å². The minimum atomic E-state index is -1.38. The molecule has 0 aliphatic rings. The normalized spacial score (nSPS) is 14.5. The van der Waals surface area contributed by atoms with E-state index in [1.807, 2.05) is 54.6 Å². The van der Waals surface area contributed by atoms with Gasteiger partial charge in [0.05, 0.1) is 13.2 Å². The number of alkyl halides is 1. The zero-order valence-electron chi connectivity index (χ0n) is 18.7. The number of methoxy groups -OCH3 is 1. The highest BCUT2D eigenvalue weighted by Crippen LogP contribution is 2.24. The van der Waals surface area contributed by atoms with Gasteiger partial charge in [-0.25, -0.2) is 4.39 Å². The van der Waals surface area contributed by atoms with Crippen molar-refractivity contribution in [1.29, 1.82) is 0 Å². The van der Waals surface area contributed by atoms with E-state index in [1.165, 1.54) is 13.8 Å². The number of nitrogens with one attached hydrogen (secondary N) is 1. The molecular formula is C25H35FN2O3. The summed E-state index contributed by atoms with van der Waals surface area (Å²) in [5, 5.41) is 13.6. The van der Waals surface area contributed by atoms with Gasteiger partial charge in [-0.3, -0.25) is 4.79 Å². The number of aliphatic hydroxyl groups excluding tert-OH is 1. The Hall–Kier alpha value is -2.44. The molecule has 2 rings (SSSR count). The van der Waals surface area contributed by atoms with Crippen LogP contribution in [-0.2, 0) is 17.8 Å². The third-order valence-electron chi connectivity index (χ3n) is 5.42. The lowest BCUT2D eigenvalue weighted by molar-refractivity contribution is -0.126. The van der Waals surface area contributed by atoms with Gasteiger partial charge in [0.25, 0.3) is 0 Å². The zero-order chi connectivity index (χ0) is 22.9. The molecule has 0 saturated carbocycles. The molecule has 2 aromatic carbocycles. The molecule has 0 aliphatic carbocycles. The molecule has 1 amide bonds. The van der Waals surface area contributed by atoms with E-state index in [2.05, 4.69) is 5.32 Å². The number of carbonyl (C=O) groups excluding carboxylic acids is 1. The number of carbonyl (C=O) groups is 1. The summed E-state index contributed by atoms with van der Waals surface area (Å²) in [7, 11) is 1.60. The van der Waals surface area contributed by atoms with Crippen molar-refractivity contribution in [3.8, 4) is 5.75 Å². The molecular weight excluding hydrogens is 395 g/mol. The Morgan fingerprint density at radius 3 is 2.35 bits per heavy atom. The summed E-state index contributed by atoms with van der Waals surface area (Å²) in [6.07, 6.45) is 0.413. The van der Waals surface area contributed by atoms with E-state index < -0.39 is 23.7 Å². The molecule has 0 saturated heterocycles. The van der Waals surface area contributed by atoms with Gasteiger partial charge in [-0.05, 0) is 62.8 Å². The standard InChI is InChI=1S/C25H35FN2O3/c1-25(2,26)14-13-20(16-23(29)22(27)15-18-7-5-4-6-8-18)24(30)28-17-19-9-11-21(31-3)12-10-19/h4-12,20,22-23,29H,13-17,27H2,1-3H3,(H,28,30)/t20-,22+,23+/m1/s1. The summed E-state index contributed by atoms with van der Waals surface area (Å²) < 4.78 is 19.2. The summed E-state index contributed by atoms with van der Waals surface area (Å²) in [6.45, 7) is 3.35. The van der Waals surface area contributed by atoms with Crippen LogP contribution in [0.5, 0.6) is 5.75 Å². The van der Waals surface area contributed by atoms with E-state index in [9.17, 15) is 14.3 Å². The quantitative estimate of drug-likeness (QED) is 0.478. The van der Waals surface area contributed by atoms with Crippen LogP contribution in [0.15, 0.2) is 54.6 Å². The van der Waals surface area contributed by atoms with E-state index >= 15 is 0 Å². The topological polar surface area (TPSA) is 84.6 Å². The second-order valence-electron chi connectivity index (χ2n) is 8.68. The number of ether oxygens (including phenoxy) is 1. The van der Waals surface area contributed by atoms with Crippen LogP contribution in [0.1, 0.15) is 44.2 Å². The number of halogens is 1. The van der Waals surface area contributed by atoms with Gasteiger partial charge in [0, 0.05) is 18.5 Å². The number of rotatable bonds is 12. The van der Waals surface area contributed by atoms with Crippen LogP contribution in [0.2, 0.25) is 0 Å². The highest BCUT2D eigenvalue weighted by Gasteiger charge is 2.28. The lowest BCUT2D eigenvalue weighted by Crippen LogP contribution is -2.41. The summed E-state index contributed by atoms with van der Waals surface area (Å²) >= 11 is 0. The van der Waals surface area contributed by atoms with Crippen molar-refractivity contribution in [2.75, 3.05) is 7.11 Å². The van der Waals surface area contributed by atoms with Crippen LogP contribution < -0.4 is 15.8 Å². The maximum Gasteiger partial charge on any atom is 0.223 e. The monoisotopic (exact) mass is 430 g/mol. The van der Waals surface area contributed by atoms with Crippen LogP contribution in [0, 0.1) is 5.92 Å². The number of benzene rings is 2. The SMILES string of the molecule is COc1ccc(CNC(=O)[C@H](CCC(C)(C)F)C[C@H](O)[C@@H](N)Cc2ccccc2)cc1. The van der Waals surface area contributed by atoms with Crippen LogP contribution in [0.25, 0.3) is 0 Å². The fourth-order valence-corrected chi connectivity index (χ4v) is 3.44. The molecule has 0 aliphatic heterocycles. The van der Waals surface area contributed by atoms with Gasteiger partial charge in [-0.1, -0.05) is 42.5 Å². The molecule has 5 nitrogen and oxygen atoms in total. The smallest absolute Gasteiger partial charge is 0.223 e. The molecule has 2 aromatic rings. The largest absolute Gasteiger partial charge is 0.497 e. The first-order chi connectivity index (χ1) is 14.7. The molecule has 0 spiro atoms. The van der Waals surface area contributed by atoms with Crippen molar-refractivity contribution in [2.45, 2.75) is 63.9 Å². The summed E-state index contributed by atoms with van der Waals surface area (Å²) in [4.78, 5) is 12.9. The second-order valence-corrected chi connectivity index (χ2v) is 8.68. The molecule has 31 heavy (non-hydrogen) atoms. The van der Waals surface area contributed by atoms with Gasteiger partial charge in [-0.2, -0.15) is 0 Å². The molecule has 0 bridgehead atoms. The van der Waals surface area contributed by atoms with Gasteiger partial charge >= 0.3 is 0 Å². The fourth-order valence-electron chi connectivity index (χ4n) is 3.44. The maximum absolute atomic E-state index is 14.1. The van der Waals surface area contributed by atoms with E-state index in [0.717, 1.165) is 16.9 Å². The number of nitrogens with two attached hydrogens (primary N) is 1. The van der Waals surface area contributed by atoms with E-state index in [1.54, 1.807) is 7.11 Å². The molecule has 0 aromatic heterocycles.